The highest BCUT2D eigenvalue weighted by molar-refractivity contribution is 5.76. The first-order valence-electron chi connectivity index (χ1n) is 22.7. The molecule has 51 heavy (non-hydrogen) atoms. The Morgan fingerprint density at radius 3 is 1.18 bits per heavy atom. The molecule has 300 valence electrons. The normalized spacial score (nSPS) is 13.3. The van der Waals surface area contributed by atoms with Gasteiger partial charge in [0.05, 0.1) is 18.8 Å². The summed E-state index contributed by atoms with van der Waals surface area (Å²) in [6.07, 6.45) is 56.8. The maximum absolute atomic E-state index is 12.4. The van der Waals surface area contributed by atoms with E-state index in [1.165, 1.54) is 186 Å². The van der Waals surface area contributed by atoms with Crippen LogP contribution in [-0.2, 0) is 4.79 Å². The monoisotopic (exact) mass is 716 g/mol. The van der Waals surface area contributed by atoms with Crippen molar-refractivity contribution in [3.8, 4) is 0 Å². The molecule has 0 aromatic heterocycles. The smallest absolute Gasteiger partial charge is 0.220 e. The molecule has 0 saturated heterocycles. The second-order valence-electron chi connectivity index (χ2n) is 15.5. The number of aliphatic hydroxyl groups excluding tert-OH is 2. The van der Waals surface area contributed by atoms with E-state index in [2.05, 4.69) is 43.5 Å². The van der Waals surface area contributed by atoms with Crippen LogP contribution in [0.5, 0.6) is 0 Å². The highest BCUT2D eigenvalue weighted by Crippen LogP contribution is 2.15. The first-order valence-corrected chi connectivity index (χ1v) is 22.7. The molecule has 2 atom stereocenters. The Morgan fingerprint density at radius 2 is 0.804 bits per heavy atom. The lowest BCUT2D eigenvalue weighted by Gasteiger charge is -2.20. The molecule has 0 aliphatic rings. The molecular formula is C47H89NO3. The highest BCUT2D eigenvalue weighted by Gasteiger charge is 2.17. The van der Waals surface area contributed by atoms with Crippen LogP contribution in [0.25, 0.3) is 0 Å². The lowest BCUT2D eigenvalue weighted by Crippen LogP contribution is -2.45. The number of hydrogen-bond donors (Lipinski definition) is 3. The third kappa shape index (κ3) is 39.6. The summed E-state index contributed by atoms with van der Waals surface area (Å²) in [6.45, 7) is 4.31. The van der Waals surface area contributed by atoms with Crippen LogP contribution in [0.15, 0.2) is 36.5 Å². The number of hydrogen-bond acceptors (Lipinski definition) is 3. The molecule has 0 aliphatic heterocycles. The van der Waals surface area contributed by atoms with Gasteiger partial charge in [0.15, 0.2) is 0 Å². The fraction of sp³-hybridized carbons (Fsp3) is 0.851. The van der Waals surface area contributed by atoms with Crippen LogP contribution >= 0.6 is 0 Å². The summed E-state index contributed by atoms with van der Waals surface area (Å²) in [5.74, 6) is -0.0707. The summed E-state index contributed by atoms with van der Waals surface area (Å²) >= 11 is 0. The van der Waals surface area contributed by atoms with Gasteiger partial charge < -0.3 is 15.5 Å². The van der Waals surface area contributed by atoms with Gasteiger partial charge in [-0.05, 0) is 51.4 Å². The van der Waals surface area contributed by atoms with Gasteiger partial charge in [-0.15, -0.1) is 0 Å². The van der Waals surface area contributed by atoms with Crippen molar-refractivity contribution in [2.75, 3.05) is 6.61 Å². The first-order chi connectivity index (χ1) is 25.2. The lowest BCUT2D eigenvalue weighted by molar-refractivity contribution is -0.123. The Labute approximate surface area is 319 Å². The predicted octanol–water partition coefficient (Wildman–Crippen LogP) is 14.2. The van der Waals surface area contributed by atoms with Crippen LogP contribution in [0, 0.1) is 0 Å². The van der Waals surface area contributed by atoms with Crippen molar-refractivity contribution >= 4 is 5.91 Å². The van der Waals surface area contributed by atoms with Crippen LogP contribution in [0.3, 0.4) is 0 Å². The zero-order valence-corrected chi connectivity index (χ0v) is 34.4. The van der Waals surface area contributed by atoms with E-state index in [-0.39, 0.29) is 12.5 Å². The zero-order chi connectivity index (χ0) is 37.1. The van der Waals surface area contributed by atoms with E-state index >= 15 is 0 Å². The molecule has 0 fully saturated rings. The molecule has 4 nitrogen and oxygen atoms in total. The van der Waals surface area contributed by atoms with E-state index in [0.717, 1.165) is 32.1 Å². The number of nitrogens with one attached hydrogen (secondary N) is 1. The average Bonchev–Trinajstić information content (AvgIpc) is 3.13. The van der Waals surface area contributed by atoms with Crippen molar-refractivity contribution < 1.29 is 15.0 Å². The molecule has 0 aromatic carbocycles. The Balaban J connectivity index is 3.58. The van der Waals surface area contributed by atoms with Crippen molar-refractivity contribution in [1.82, 2.24) is 5.32 Å². The number of amides is 1. The summed E-state index contributed by atoms with van der Waals surface area (Å²) in [6, 6.07) is -0.625. The molecule has 0 spiro atoms. The summed E-state index contributed by atoms with van der Waals surface area (Å²) in [7, 11) is 0. The lowest BCUT2D eigenvalue weighted by atomic mass is 10.0. The Hall–Kier alpha value is -1.39. The van der Waals surface area contributed by atoms with E-state index in [9.17, 15) is 15.0 Å². The van der Waals surface area contributed by atoms with Crippen LogP contribution in [0.4, 0.5) is 0 Å². The van der Waals surface area contributed by atoms with Crippen molar-refractivity contribution in [3.05, 3.63) is 36.5 Å². The van der Waals surface area contributed by atoms with Crippen molar-refractivity contribution in [2.45, 2.75) is 251 Å². The SMILES string of the molecule is CCCCCCCCCCC/C=C\C/C=C\CCCCCCCCCC(=O)NC(CO)C(O)/C=C/CCCCCCCCCCCCCCCC. The van der Waals surface area contributed by atoms with Crippen LogP contribution < -0.4 is 5.32 Å². The average molecular weight is 716 g/mol. The van der Waals surface area contributed by atoms with Crippen LogP contribution in [0.2, 0.25) is 0 Å². The fourth-order valence-electron chi connectivity index (χ4n) is 6.86. The Morgan fingerprint density at radius 1 is 0.471 bits per heavy atom. The standard InChI is InChI=1S/C47H89NO3/c1-3-5-7-9-11-13-15-17-19-21-22-23-24-25-26-27-29-31-33-35-37-39-41-43-47(51)48-45(44-49)46(50)42-40-38-36-34-32-30-28-20-18-16-14-12-10-8-6-4-2/h22-23,25-26,40,42,45-46,49-50H,3-21,24,27-39,41,43-44H2,1-2H3,(H,48,51)/b23-22-,26-25-,42-40+. The minimum absolute atomic E-state index is 0.0707. The molecule has 0 bridgehead atoms. The molecule has 0 heterocycles. The molecule has 0 saturated carbocycles. The van der Waals surface area contributed by atoms with Gasteiger partial charge in [0.2, 0.25) is 5.91 Å². The number of carbonyl (C=O) groups excluding carboxylic acids is 1. The Bertz CT molecular complexity index is 775. The number of unbranched alkanes of at least 4 members (excludes halogenated alkanes) is 30. The number of rotatable bonds is 41. The third-order valence-corrected chi connectivity index (χ3v) is 10.4. The summed E-state index contributed by atoms with van der Waals surface area (Å²) in [5.41, 5.74) is 0. The van der Waals surface area contributed by atoms with E-state index in [1.807, 2.05) is 6.08 Å². The molecule has 0 aromatic rings. The van der Waals surface area contributed by atoms with Gasteiger partial charge in [-0.3, -0.25) is 4.79 Å². The van der Waals surface area contributed by atoms with Gasteiger partial charge in [0.1, 0.15) is 0 Å². The maximum atomic E-state index is 12.4. The fourth-order valence-corrected chi connectivity index (χ4v) is 6.86. The number of allylic oxidation sites excluding steroid dienone is 5. The minimum atomic E-state index is -0.841. The van der Waals surface area contributed by atoms with Crippen LogP contribution in [-0.4, -0.2) is 34.9 Å². The van der Waals surface area contributed by atoms with Crippen molar-refractivity contribution in [2.24, 2.45) is 0 Å². The van der Waals surface area contributed by atoms with Gasteiger partial charge in [-0.2, -0.15) is 0 Å². The molecule has 3 N–H and O–H groups in total. The summed E-state index contributed by atoms with van der Waals surface area (Å²) < 4.78 is 0. The predicted molar refractivity (Wildman–Crippen MR) is 225 cm³/mol. The van der Waals surface area contributed by atoms with Crippen LogP contribution in [0.1, 0.15) is 239 Å². The number of aliphatic hydroxyl groups is 2. The molecule has 0 radical (unpaired) electrons. The van der Waals surface area contributed by atoms with Gasteiger partial charge in [-0.25, -0.2) is 0 Å². The van der Waals surface area contributed by atoms with Gasteiger partial charge in [0.25, 0.3) is 0 Å². The van der Waals surface area contributed by atoms with Crippen molar-refractivity contribution in [1.29, 1.82) is 0 Å². The Kier molecular flexibility index (Phi) is 41.8. The summed E-state index contributed by atoms with van der Waals surface area (Å²) in [5, 5.41) is 23.0. The number of carbonyl (C=O) groups is 1. The second-order valence-corrected chi connectivity index (χ2v) is 15.5. The zero-order valence-electron chi connectivity index (χ0n) is 34.4. The third-order valence-electron chi connectivity index (χ3n) is 10.4. The van der Waals surface area contributed by atoms with Gasteiger partial charge in [0, 0.05) is 6.42 Å². The summed E-state index contributed by atoms with van der Waals surface area (Å²) in [4.78, 5) is 12.4. The molecule has 0 rings (SSSR count). The highest BCUT2D eigenvalue weighted by atomic mass is 16.3. The molecule has 2 unspecified atom stereocenters. The first kappa shape index (κ1) is 49.6. The molecule has 4 heteroatoms. The van der Waals surface area contributed by atoms with Gasteiger partial charge in [-0.1, -0.05) is 217 Å². The second kappa shape index (κ2) is 43.0. The van der Waals surface area contributed by atoms with E-state index in [4.69, 9.17) is 0 Å². The quantitative estimate of drug-likeness (QED) is 0.0436. The van der Waals surface area contributed by atoms with Crippen molar-refractivity contribution in [3.63, 3.8) is 0 Å². The largest absolute Gasteiger partial charge is 0.394 e. The van der Waals surface area contributed by atoms with Gasteiger partial charge >= 0.3 is 0 Å². The molecule has 1 amide bonds. The molecule has 0 aliphatic carbocycles. The van der Waals surface area contributed by atoms with E-state index < -0.39 is 12.1 Å². The van der Waals surface area contributed by atoms with E-state index in [1.54, 1.807) is 6.08 Å². The topological polar surface area (TPSA) is 69.6 Å². The molecular weight excluding hydrogens is 627 g/mol. The minimum Gasteiger partial charge on any atom is -0.394 e. The maximum Gasteiger partial charge on any atom is 0.220 e. The van der Waals surface area contributed by atoms with E-state index in [0.29, 0.717) is 6.42 Å².